The minimum atomic E-state index is -0.555. The molecule has 2 aliphatic rings. The van der Waals surface area contributed by atoms with Crippen molar-refractivity contribution in [3.8, 4) is 11.5 Å². The summed E-state index contributed by atoms with van der Waals surface area (Å²) in [6.07, 6.45) is 2.09. The normalized spacial score (nSPS) is 15.2. The van der Waals surface area contributed by atoms with Crippen molar-refractivity contribution < 1.29 is 19.1 Å². The zero-order valence-corrected chi connectivity index (χ0v) is 16.3. The zero-order chi connectivity index (χ0) is 19.9. The number of nitrogens with one attached hydrogen (secondary N) is 1. The highest BCUT2D eigenvalue weighted by Gasteiger charge is 2.32. The lowest BCUT2D eigenvalue weighted by Gasteiger charge is -2.36. The Morgan fingerprint density at radius 2 is 1.64 bits per heavy atom. The minimum absolute atomic E-state index is 0.0875. The number of fused-ring (bicyclic) bond motifs is 1. The lowest BCUT2D eigenvalue weighted by Crippen LogP contribution is -2.42. The third kappa shape index (κ3) is 3.42. The van der Waals surface area contributed by atoms with E-state index in [1.54, 1.807) is 36.2 Å². The lowest BCUT2D eigenvalue weighted by molar-refractivity contribution is 0.0621. The topological polar surface area (TPSA) is 67.9 Å². The van der Waals surface area contributed by atoms with Gasteiger partial charge in [-0.15, -0.1) is 0 Å². The summed E-state index contributed by atoms with van der Waals surface area (Å²) in [6.45, 7) is 4.19. The van der Waals surface area contributed by atoms with Gasteiger partial charge >= 0.3 is 0 Å². The Labute approximate surface area is 164 Å². The maximum Gasteiger partial charge on any atom is 0.254 e. The van der Waals surface area contributed by atoms with Crippen LogP contribution in [-0.2, 0) is 5.54 Å². The van der Waals surface area contributed by atoms with Gasteiger partial charge in [-0.3, -0.25) is 9.59 Å². The second-order valence-electron chi connectivity index (χ2n) is 7.82. The van der Waals surface area contributed by atoms with Crippen molar-refractivity contribution in [2.45, 2.75) is 38.3 Å². The van der Waals surface area contributed by atoms with Gasteiger partial charge in [-0.1, -0.05) is 6.07 Å². The van der Waals surface area contributed by atoms with Crippen molar-refractivity contribution in [2.24, 2.45) is 0 Å². The van der Waals surface area contributed by atoms with Gasteiger partial charge in [0.15, 0.2) is 11.5 Å². The van der Waals surface area contributed by atoms with Crippen LogP contribution in [0.15, 0.2) is 42.5 Å². The van der Waals surface area contributed by atoms with Crippen molar-refractivity contribution in [1.29, 1.82) is 0 Å². The molecule has 1 aliphatic carbocycles. The number of hydrogen-bond donors (Lipinski definition) is 1. The van der Waals surface area contributed by atoms with Gasteiger partial charge in [0.05, 0.1) is 5.54 Å². The summed E-state index contributed by atoms with van der Waals surface area (Å²) in [7, 11) is 1.78. The van der Waals surface area contributed by atoms with Crippen LogP contribution in [0.2, 0.25) is 0 Å². The number of rotatable bonds is 5. The second kappa shape index (κ2) is 6.86. The molecule has 0 bridgehead atoms. The van der Waals surface area contributed by atoms with E-state index >= 15 is 0 Å². The number of amides is 2. The van der Waals surface area contributed by atoms with Crippen LogP contribution < -0.4 is 14.8 Å². The predicted octanol–water partition coefficient (Wildman–Crippen LogP) is 3.31. The molecule has 2 aromatic carbocycles. The summed E-state index contributed by atoms with van der Waals surface area (Å²) in [5.74, 6) is 1.21. The lowest BCUT2D eigenvalue weighted by atomic mass is 9.91. The average molecular weight is 380 g/mol. The maximum absolute atomic E-state index is 13.0. The molecule has 1 saturated carbocycles. The minimum Gasteiger partial charge on any atom is -0.454 e. The van der Waals surface area contributed by atoms with E-state index in [1.165, 1.54) is 0 Å². The number of carbonyl (C=O) groups excluding carboxylic acids is 2. The van der Waals surface area contributed by atoms with Crippen LogP contribution in [-0.4, -0.2) is 36.6 Å². The highest BCUT2D eigenvalue weighted by Crippen LogP contribution is 2.37. The molecule has 1 aliphatic heterocycles. The van der Waals surface area contributed by atoms with Gasteiger partial charge < -0.3 is 19.7 Å². The highest BCUT2D eigenvalue weighted by molar-refractivity contribution is 5.98. The van der Waals surface area contributed by atoms with Gasteiger partial charge in [0.1, 0.15) is 0 Å². The molecular weight excluding hydrogens is 356 g/mol. The van der Waals surface area contributed by atoms with E-state index in [-0.39, 0.29) is 18.6 Å². The monoisotopic (exact) mass is 380 g/mol. The molecule has 4 rings (SSSR count). The number of hydrogen-bond acceptors (Lipinski definition) is 4. The summed E-state index contributed by atoms with van der Waals surface area (Å²) in [5, 5.41) is 2.95. The number of ether oxygens (including phenoxy) is 2. The SMILES string of the molecule is CN(C(=O)c1ccc(C(=O)NC2CC2)cc1)C(C)(C)c1ccc2c(c1)OCO2. The first-order valence-electron chi connectivity index (χ1n) is 9.45. The molecule has 0 spiro atoms. The molecule has 28 heavy (non-hydrogen) atoms. The molecule has 1 fully saturated rings. The molecule has 1 N–H and O–H groups in total. The van der Waals surface area contributed by atoms with Crippen LogP contribution in [0.5, 0.6) is 11.5 Å². The molecule has 1 heterocycles. The molecule has 0 saturated heterocycles. The molecule has 0 aromatic heterocycles. The average Bonchev–Trinajstić information content (AvgIpc) is 3.39. The van der Waals surface area contributed by atoms with Gasteiger partial charge in [-0.25, -0.2) is 0 Å². The fraction of sp³-hybridized carbons (Fsp3) is 0.364. The summed E-state index contributed by atoms with van der Waals surface area (Å²) in [6, 6.07) is 12.8. The Bertz CT molecular complexity index is 917. The van der Waals surface area contributed by atoms with Crippen molar-refractivity contribution in [2.75, 3.05) is 13.8 Å². The van der Waals surface area contributed by atoms with Crippen molar-refractivity contribution in [3.05, 3.63) is 59.2 Å². The van der Waals surface area contributed by atoms with Gasteiger partial charge in [0.2, 0.25) is 6.79 Å². The Kier molecular flexibility index (Phi) is 4.49. The Morgan fingerprint density at radius 3 is 2.32 bits per heavy atom. The van der Waals surface area contributed by atoms with E-state index in [4.69, 9.17) is 9.47 Å². The van der Waals surface area contributed by atoms with E-state index in [0.717, 1.165) is 18.4 Å². The number of nitrogens with zero attached hydrogens (tertiary/aromatic N) is 1. The molecule has 6 heteroatoms. The fourth-order valence-corrected chi connectivity index (χ4v) is 3.18. The Hall–Kier alpha value is -3.02. The van der Waals surface area contributed by atoms with Gasteiger partial charge in [-0.2, -0.15) is 0 Å². The molecular formula is C22H24N2O4. The molecule has 146 valence electrons. The highest BCUT2D eigenvalue weighted by atomic mass is 16.7. The second-order valence-corrected chi connectivity index (χ2v) is 7.82. The standard InChI is InChI=1S/C22H24N2O4/c1-22(2,16-8-11-18-19(12-16)28-13-27-18)24(3)21(26)15-6-4-14(5-7-15)20(25)23-17-9-10-17/h4-8,11-12,17H,9-10,13H2,1-3H3,(H,23,25). The molecule has 0 atom stereocenters. The Morgan fingerprint density at radius 1 is 1.00 bits per heavy atom. The molecule has 2 amide bonds. The smallest absolute Gasteiger partial charge is 0.254 e. The van der Waals surface area contributed by atoms with Crippen LogP contribution in [0, 0.1) is 0 Å². The van der Waals surface area contributed by atoms with Crippen LogP contribution in [0.3, 0.4) is 0 Å². The van der Waals surface area contributed by atoms with Crippen LogP contribution in [0.25, 0.3) is 0 Å². The van der Waals surface area contributed by atoms with E-state index in [9.17, 15) is 9.59 Å². The summed E-state index contributed by atoms with van der Waals surface area (Å²) >= 11 is 0. The molecule has 2 aromatic rings. The van der Waals surface area contributed by atoms with Gasteiger partial charge in [0, 0.05) is 24.2 Å². The van der Waals surface area contributed by atoms with E-state index in [2.05, 4.69) is 5.32 Å². The first-order chi connectivity index (χ1) is 13.4. The summed E-state index contributed by atoms with van der Waals surface area (Å²) < 4.78 is 10.8. The predicted molar refractivity (Wildman–Crippen MR) is 105 cm³/mol. The van der Waals surface area contributed by atoms with E-state index in [0.29, 0.717) is 28.7 Å². The zero-order valence-electron chi connectivity index (χ0n) is 16.3. The quantitative estimate of drug-likeness (QED) is 0.864. The molecule has 6 nitrogen and oxygen atoms in total. The van der Waals surface area contributed by atoms with Gasteiger partial charge in [-0.05, 0) is 68.7 Å². The van der Waals surface area contributed by atoms with Crippen molar-refractivity contribution >= 4 is 11.8 Å². The van der Waals surface area contributed by atoms with Crippen molar-refractivity contribution in [3.63, 3.8) is 0 Å². The summed E-state index contributed by atoms with van der Waals surface area (Å²) in [4.78, 5) is 26.9. The van der Waals surface area contributed by atoms with Crippen molar-refractivity contribution in [1.82, 2.24) is 10.2 Å². The number of benzene rings is 2. The van der Waals surface area contributed by atoms with E-state index < -0.39 is 5.54 Å². The van der Waals surface area contributed by atoms with Crippen LogP contribution >= 0.6 is 0 Å². The largest absolute Gasteiger partial charge is 0.454 e. The third-order valence-corrected chi connectivity index (χ3v) is 5.53. The molecule has 0 unspecified atom stereocenters. The maximum atomic E-state index is 13.0. The first-order valence-corrected chi connectivity index (χ1v) is 9.45. The molecule has 0 radical (unpaired) electrons. The fourth-order valence-electron chi connectivity index (χ4n) is 3.18. The first kappa shape index (κ1) is 18.3. The van der Waals surface area contributed by atoms with Crippen LogP contribution in [0.1, 0.15) is 53.0 Å². The third-order valence-electron chi connectivity index (χ3n) is 5.53. The van der Waals surface area contributed by atoms with Crippen LogP contribution in [0.4, 0.5) is 0 Å². The van der Waals surface area contributed by atoms with E-state index in [1.807, 2.05) is 32.0 Å². The number of carbonyl (C=O) groups is 2. The Balaban J connectivity index is 1.50. The van der Waals surface area contributed by atoms with Gasteiger partial charge in [0.25, 0.3) is 11.8 Å². The summed E-state index contributed by atoms with van der Waals surface area (Å²) in [5.41, 5.74) is 1.51.